The van der Waals surface area contributed by atoms with E-state index in [0.29, 0.717) is 5.41 Å². The number of thioether (sulfide) groups is 1. The van der Waals surface area contributed by atoms with Gasteiger partial charge >= 0.3 is 0 Å². The molecule has 17 heavy (non-hydrogen) atoms. The standard InChI is InChI=1S/C13H21IN2S/c1-12(2,3)9-17-7-6-10-8-11(16-15-10)13(4,5)14/h6-8H,9H2,1-5H3,(H,15,16)/b7-6+. The van der Waals surface area contributed by atoms with Crippen molar-refractivity contribution in [2.75, 3.05) is 5.75 Å². The Morgan fingerprint density at radius 2 is 2.00 bits per heavy atom. The number of rotatable bonds is 4. The van der Waals surface area contributed by atoms with Crippen LogP contribution in [0.3, 0.4) is 0 Å². The van der Waals surface area contributed by atoms with E-state index in [2.05, 4.69) is 85.0 Å². The van der Waals surface area contributed by atoms with Gasteiger partial charge in [0.2, 0.25) is 0 Å². The number of H-pyrrole nitrogens is 1. The Labute approximate surface area is 122 Å². The van der Waals surface area contributed by atoms with Crippen LogP contribution >= 0.6 is 34.4 Å². The molecule has 2 nitrogen and oxygen atoms in total. The van der Waals surface area contributed by atoms with E-state index in [1.807, 2.05) is 11.8 Å². The summed E-state index contributed by atoms with van der Waals surface area (Å²) in [7, 11) is 0. The summed E-state index contributed by atoms with van der Waals surface area (Å²) < 4.78 is 0.107. The Kier molecular flexibility index (Phi) is 5.13. The molecule has 1 aromatic rings. The van der Waals surface area contributed by atoms with Crippen LogP contribution in [0.15, 0.2) is 11.5 Å². The lowest BCUT2D eigenvalue weighted by Crippen LogP contribution is -2.07. The van der Waals surface area contributed by atoms with E-state index in [1.165, 1.54) is 5.69 Å². The number of aromatic nitrogens is 2. The fourth-order valence-corrected chi connectivity index (χ4v) is 2.25. The Balaban J connectivity index is 2.53. The summed E-state index contributed by atoms with van der Waals surface area (Å²) in [5, 5.41) is 9.50. The molecule has 96 valence electrons. The van der Waals surface area contributed by atoms with Gasteiger partial charge in [-0.1, -0.05) is 43.4 Å². The summed E-state index contributed by atoms with van der Waals surface area (Å²) >= 11 is 4.25. The fraction of sp³-hybridized carbons (Fsp3) is 0.615. The van der Waals surface area contributed by atoms with Crippen LogP contribution in [-0.4, -0.2) is 16.0 Å². The molecule has 0 aliphatic heterocycles. The van der Waals surface area contributed by atoms with E-state index >= 15 is 0 Å². The molecule has 0 bridgehead atoms. The number of hydrogen-bond donors (Lipinski definition) is 1. The molecule has 0 unspecified atom stereocenters. The smallest absolute Gasteiger partial charge is 0.0856 e. The van der Waals surface area contributed by atoms with Gasteiger partial charge in [-0.2, -0.15) is 5.10 Å². The second kappa shape index (κ2) is 5.78. The molecule has 0 aliphatic carbocycles. The summed E-state index contributed by atoms with van der Waals surface area (Å²) in [6.45, 7) is 11.1. The van der Waals surface area contributed by atoms with Crippen LogP contribution < -0.4 is 0 Å². The van der Waals surface area contributed by atoms with Crippen LogP contribution in [0.25, 0.3) is 6.08 Å². The predicted octanol–water partition coefficient (Wildman–Crippen LogP) is 4.83. The average molecular weight is 364 g/mol. The molecular formula is C13H21IN2S. The van der Waals surface area contributed by atoms with Crippen molar-refractivity contribution in [1.82, 2.24) is 10.2 Å². The molecule has 4 heteroatoms. The molecule has 1 heterocycles. The zero-order chi connectivity index (χ0) is 13.1. The van der Waals surface area contributed by atoms with Crippen LogP contribution in [0.1, 0.15) is 46.0 Å². The third kappa shape index (κ3) is 5.95. The largest absolute Gasteiger partial charge is 0.281 e. The highest BCUT2D eigenvalue weighted by molar-refractivity contribution is 14.1. The minimum atomic E-state index is 0.107. The summed E-state index contributed by atoms with van der Waals surface area (Å²) in [5.74, 6) is 1.12. The Morgan fingerprint density at radius 3 is 2.47 bits per heavy atom. The normalized spacial score (nSPS) is 13.5. The van der Waals surface area contributed by atoms with Gasteiger partial charge in [0.15, 0.2) is 0 Å². The number of hydrogen-bond acceptors (Lipinski definition) is 2. The predicted molar refractivity (Wildman–Crippen MR) is 86.6 cm³/mol. The first kappa shape index (κ1) is 15.1. The monoisotopic (exact) mass is 364 g/mol. The molecule has 0 saturated heterocycles. The summed E-state index contributed by atoms with van der Waals surface area (Å²) in [4.78, 5) is 0. The van der Waals surface area contributed by atoms with Crippen molar-refractivity contribution in [3.63, 3.8) is 0 Å². The molecule has 1 rings (SSSR count). The molecule has 0 saturated carbocycles. The first-order chi connectivity index (χ1) is 7.68. The van der Waals surface area contributed by atoms with E-state index in [1.54, 1.807) is 0 Å². The van der Waals surface area contributed by atoms with Crippen molar-refractivity contribution in [3.8, 4) is 0 Å². The molecule has 0 fully saturated rings. The van der Waals surface area contributed by atoms with Crippen LogP contribution in [0.4, 0.5) is 0 Å². The number of aromatic amines is 1. The van der Waals surface area contributed by atoms with Crippen molar-refractivity contribution >= 4 is 40.4 Å². The molecule has 1 N–H and O–H groups in total. The highest BCUT2D eigenvalue weighted by Crippen LogP contribution is 2.29. The lowest BCUT2D eigenvalue weighted by Gasteiger charge is -2.15. The number of halogens is 1. The topological polar surface area (TPSA) is 28.7 Å². The molecule has 1 aromatic heterocycles. The van der Waals surface area contributed by atoms with Gasteiger partial charge in [-0.15, -0.1) is 11.8 Å². The summed E-state index contributed by atoms with van der Waals surface area (Å²) in [5.41, 5.74) is 2.54. The minimum Gasteiger partial charge on any atom is -0.281 e. The zero-order valence-electron chi connectivity index (χ0n) is 11.2. The van der Waals surface area contributed by atoms with Gasteiger partial charge in [-0.3, -0.25) is 5.10 Å². The summed E-state index contributed by atoms with van der Waals surface area (Å²) in [6, 6.07) is 2.11. The maximum atomic E-state index is 4.29. The molecular weight excluding hydrogens is 343 g/mol. The fourth-order valence-electron chi connectivity index (χ4n) is 1.14. The van der Waals surface area contributed by atoms with Gasteiger partial charge in [0.05, 0.1) is 14.8 Å². The van der Waals surface area contributed by atoms with E-state index in [0.717, 1.165) is 11.4 Å². The van der Waals surface area contributed by atoms with E-state index in [-0.39, 0.29) is 3.42 Å². The maximum Gasteiger partial charge on any atom is 0.0856 e. The molecule has 0 aliphatic rings. The van der Waals surface area contributed by atoms with Crippen LogP contribution in [-0.2, 0) is 3.42 Å². The molecule has 0 atom stereocenters. The van der Waals surface area contributed by atoms with Gasteiger partial charge in [0, 0.05) is 5.75 Å². The maximum absolute atomic E-state index is 4.29. The van der Waals surface area contributed by atoms with E-state index in [4.69, 9.17) is 0 Å². The minimum absolute atomic E-state index is 0.107. The van der Waals surface area contributed by atoms with E-state index in [9.17, 15) is 0 Å². The molecule has 0 radical (unpaired) electrons. The second-order valence-electron chi connectivity index (χ2n) is 5.85. The van der Waals surface area contributed by atoms with Crippen LogP contribution in [0.2, 0.25) is 0 Å². The van der Waals surface area contributed by atoms with Crippen molar-refractivity contribution < 1.29 is 0 Å². The Morgan fingerprint density at radius 1 is 1.35 bits per heavy atom. The molecule has 0 aromatic carbocycles. The van der Waals surface area contributed by atoms with Gasteiger partial charge in [0.25, 0.3) is 0 Å². The van der Waals surface area contributed by atoms with Gasteiger partial charge in [-0.05, 0) is 36.8 Å². The highest BCUT2D eigenvalue weighted by atomic mass is 127. The Bertz CT molecular complexity index is 383. The van der Waals surface area contributed by atoms with Crippen LogP contribution in [0, 0.1) is 5.41 Å². The number of nitrogens with zero attached hydrogens (tertiary/aromatic N) is 1. The lowest BCUT2D eigenvalue weighted by molar-refractivity contribution is 0.481. The zero-order valence-corrected chi connectivity index (χ0v) is 14.1. The lowest BCUT2D eigenvalue weighted by atomic mass is 10.0. The second-order valence-corrected chi connectivity index (χ2v) is 9.44. The summed E-state index contributed by atoms with van der Waals surface area (Å²) in [6.07, 6.45) is 2.07. The quantitative estimate of drug-likeness (QED) is 0.612. The highest BCUT2D eigenvalue weighted by Gasteiger charge is 2.17. The first-order valence-electron chi connectivity index (χ1n) is 5.71. The molecule has 0 spiro atoms. The van der Waals surface area contributed by atoms with Crippen LogP contribution in [0.5, 0.6) is 0 Å². The Hall–Kier alpha value is 0.0300. The number of alkyl halides is 1. The van der Waals surface area contributed by atoms with Crippen molar-refractivity contribution in [2.45, 2.75) is 38.0 Å². The average Bonchev–Trinajstić information content (AvgIpc) is 2.58. The van der Waals surface area contributed by atoms with Gasteiger partial charge in [-0.25, -0.2) is 0 Å². The van der Waals surface area contributed by atoms with Crippen molar-refractivity contribution in [3.05, 3.63) is 22.9 Å². The third-order valence-corrected chi connectivity index (χ3v) is 4.03. The number of nitrogens with one attached hydrogen (secondary N) is 1. The SMILES string of the molecule is CC(C)(C)CS/C=C/c1cc(C(C)(C)I)[nH]n1. The van der Waals surface area contributed by atoms with Gasteiger partial charge in [0.1, 0.15) is 0 Å². The van der Waals surface area contributed by atoms with Crippen molar-refractivity contribution in [2.24, 2.45) is 5.41 Å². The third-order valence-electron chi connectivity index (χ3n) is 2.09. The van der Waals surface area contributed by atoms with E-state index < -0.39 is 0 Å². The first-order valence-corrected chi connectivity index (χ1v) is 7.84. The van der Waals surface area contributed by atoms with Gasteiger partial charge < -0.3 is 0 Å². The molecule has 0 amide bonds. The van der Waals surface area contributed by atoms with Crippen molar-refractivity contribution in [1.29, 1.82) is 0 Å².